The summed E-state index contributed by atoms with van der Waals surface area (Å²) in [5.41, 5.74) is -0.645. The van der Waals surface area contributed by atoms with Crippen LogP contribution in [0.15, 0.2) is 66.8 Å². The van der Waals surface area contributed by atoms with E-state index < -0.39 is 35.1 Å². The molecular formula is C29H29FO8. The summed E-state index contributed by atoms with van der Waals surface area (Å²) in [7, 11) is 0. The molecule has 0 fully saturated rings. The van der Waals surface area contributed by atoms with E-state index in [2.05, 4.69) is 19.7 Å². The Balaban J connectivity index is 2.67. The van der Waals surface area contributed by atoms with E-state index in [1.807, 2.05) is 0 Å². The largest absolute Gasteiger partial charge is 0.422 e. The third-order valence-corrected chi connectivity index (χ3v) is 4.76. The highest BCUT2D eigenvalue weighted by atomic mass is 19.1. The molecule has 0 bridgehead atoms. The van der Waals surface area contributed by atoms with Crippen LogP contribution in [0.2, 0.25) is 0 Å². The maximum absolute atomic E-state index is 15.3. The summed E-state index contributed by atoms with van der Waals surface area (Å²) < 4.78 is 36.4. The van der Waals surface area contributed by atoms with Crippen molar-refractivity contribution in [3.05, 3.63) is 72.6 Å². The molecule has 0 aliphatic heterocycles. The number of rotatable bonds is 8. The number of hydrogen-bond acceptors (Lipinski definition) is 8. The Kier molecular flexibility index (Phi) is 9.13. The number of hydrogen-bond donors (Lipinski definition) is 0. The predicted octanol–water partition coefficient (Wildman–Crippen LogP) is 5.89. The second kappa shape index (κ2) is 11.7. The second-order valence-corrected chi connectivity index (χ2v) is 9.59. The van der Waals surface area contributed by atoms with Gasteiger partial charge in [-0.15, -0.1) is 0 Å². The van der Waals surface area contributed by atoms with E-state index in [1.54, 1.807) is 20.8 Å². The monoisotopic (exact) mass is 524 g/mol. The lowest BCUT2D eigenvalue weighted by atomic mass is 9.97. The molecular weight excluding hydrogens is 495 g/mol. The number of halogens is 1. The molecule has 200 valence electrons. The van der Waals surface area contributed by atoms with E-state index in [-0.39, 0.29) is 50.8 Å². The summed E-state index contributed by atoms with van der Waals surface area (Å²) in [6, 6.07) is 6.01. The Morgan fingerprint density at radius 1 is 0.658 bits per heavy atom. The van der Waals surface area contributed by atoms with Crippen LogP contribution in [0, 0.1) is 11.2 Å². The zero-order valence-corrected chi connectivity index (χ0v) is 22.2. The highest BCUT2D eigenvalue weighted by molar-refractivity contribution is 5.92. The average molecular weight is 525 g/mol. The Morgan fingerprint density at radius 3 is 1.50 bits per heavy atom. The Morgan fingerprint density at radius 2 is 1.08 bits per heavy atom. The van der Waals surface area contributed by atoms with Crippen molar-refractivity contribution in [2.75, 3.05) is 0 Å². The molecule has 0 heterocycles. The first-order chi connectivity index (χ1) is 17.5. The van der Waals surface area contributed by atoms with Crippen LogP contribution in [-0.4, -0.2) is 23.9 Å². The smallest absolute Gasteiger partial charge is 0.338 e. The van der Waals surface area contributed by atoms with Crippen LogP contribution in [0.1, 0.15) is 41.5 Å². The van der Waals surface area contributed by atoms with Gasteiger partial charge in [0.15, 0.2) is 23.0 Å². The van der Waals surface area contributed by atoms with Crippen molar-refractivity contribution in [3.8, 4) is 34.1 Å². The molecule has 0 aliphatic carbocycles. The van der Waals surface area contributed by atoms with E-state index in [0.717, 1.165) is 12.1 Å². The first-order valence-corrected chi connectivity index (χ1v) is 11.3. The molecule has 38 heavy (non-hydrogen) atoms. The van der Waals surface area contributed by atoms with Gasteiger partial charge in [-0.2, -0.15) is 0 Å². The van der Waals surface area contributed by atoms with Crippen molar-refractivity contribution in [2.45, 2.75) is 41.5 Å². The van der Waals surface area contributed by atoms with E-state index in [9.17, 15) is 19.2 Å². The summed E-state index contributed by atoms with van der Waals surface area (Å²) in [5.74, 6) is -4.84. The fraction of sp³-hybridized carbons (Fsp3) is 0.241. The third kappa shape index (κ3) is 7.49. The molecule has 8 nitrogen and oxygen atoms in total. The van der Waals surface area contributed by atoms with Gasteiger partial charge in [-0.25, -0.2) is 18.8 Å². The summed E-state index contributed by atoms with van der Waals surface area (Å²) in [4.78, 5) is 48.9. The minimum absolute atomic E-state index is 0.0380. The molecule has 0 amide bonds. The maximum Gasteiger partial charge on any atom is 0.338 e. The first kappa shape index (κ1) is 29.7. The number of carbonyl (C=O) groups is 4. The Labute approximate surface area is 220 Å². The fourth-order valence-corrected chi connectivity index (χ4v) is 2.57. The van der Waals surface area contributed by atoms with Gasteiger partial charge in [-0.05, 0) is 65.3 Å². The second-order valence-electron chi connectivity index (χ2n) is 9.59. The summed E-state index contributed by atoms with van der Waals surface area (Å²) in [6.07, 6.45) is 0. The van der Waals surface area contributed by atoms with Gasteiger partial charge >= 0.3 is 23.9 Å². The molecule has 0 N–H and O–H groups in total. The molecule has 0 aromatic heterocycles. The molecule has 2 aromatic rings. The van der Waals surface area contributed by atoms with Crippen LogP contribution < -0.4 is 18.9 Å². The molecule has 0 atom stereocenters. The predicted molar refractivity (Wildman–Crippen MR) is 138 cm³/mol. The van der Waals surface area contributed by atoms with Crippen LogP contribution in [0.3, 0.4) is 0 Å². The van der Waals surface area contributed by atoms with E-state index in [1.165, 1.54) is 39.0 Å². The van der Waals surface area contributed by atoms with Gasteiger partial charge in [0.1, 0.15) is 5.82 Å². The lowest BCUT2D eigenvalue weighted by Gasteiger charge is -2.19. The Bertz CT molecular complexity index is 1360. The van der Waals surface area contributed by atoms with E-state index in [4.69, 9.17) is 18.9 Å². The fourth-order valence-electron chi connectivity index (χ4n) is 2.57. The number of benzene rings is 2. The molecule has 0 saturated heterocycles. The highest BCUT2D eigenvalue weighted by Crippen LogP contribution is 2.40. The molecule has 0 unspecified atom stereocenters. The minimum Gasteiger partial charge on any atom is -0.422 e. The molecule has 2 rings (SSSR count). The van der Waals surface area contributed by atoms with Crippen molar-refractivity contribution >= 4 is 23.9 Å². The van der Waals surface area contributed by atoms with Gasteiger partial charge in [0.25, 0.3) is 0 Å². The zero-order chi connectivity index (χ0) is 28.9. The van der Waals surface area contributed by atoms with Gasteiger partial charge in [0.2, 0.25) is 0 Å². The lowest BCUT2D eigenvalue weighted by molar-refractivity contribution is -0.143. The molecule has 0 radical (unpaired) electrons. The normalized spacial score (nSPS) is 10.7. The van der Waals surface area contributed by atoms with Crippen LogP contribution in [0.25, 0.3) is 11.1 Å². The summed E-state index contributed by atoms with van der Waals surface area (Å²) >= 11 is 0. The first-order valence-electron chi connectivity index (χ1n) is 11.3. The number of esters is 4. The third-order valence-electron chi connectivity index (χ3n) is 4.76. The van der Waals surface area contributed by atoms with Gasteiger partial charge in [-0.3, -0.25) is 4.79 Å². The van der Waals surface area contributed by atoms with E-state index >= 15 is 4.39 Å². The van der Waals surface area contributed by atoms with Crippen LogP contribution in [0.4, 0.5) is 4.39 Å². The molecule has 0 aliphatic rings. The SMILES string of the molecule is C=C(C)C(=O)Oc1cc(F)c(-c2ccc(OC(=O)C(C)(C)C)c(OC(=O)C(=C)C)c2)cc1OC(=O)C(=C)C. The molecule has 0 spiro atoms. The lowest BCUT2D eigenvalue weighted by Crippen LogP contribution is -2.26. The van der Waals surface area contributed by atoms with Crippen molar-refractivity contribution in [3.63, 3.8) is 0 Å². The van der Waals surface area contributed by atoms with E-state index in [0.29, 0.717) is 0 Å². The van der Waals surface area contributed by atoms with Gasteiger partial charge in [0, 0.05) is 28.3 Å². The van der Waals surface area contributed by atoms with Crippen molar-refractivity contribution in [2.24, 2.45) is 5.41 Å². The van der Waals surface area contributed by atoms with Gasteiger partial charge < -0.3 is 18.9 Å². The minimum atomic E-state index is -0.862. The van der Waals surface area contributed by atoms with Crippen molar-refractivity contribution in [1.29, 1.82) is 0 Å². The summed E-state index contributed by atoms with van der Waals surface area (Å²) in [6.45, 7) is 19.7. The quantitative estimate of drug-likeness (QED) is 0.239. The van der Waals surface area contributed by atoms with Crippen LogP contribution >= 0.6 is 0 Å². The maximum atomic E-state index is 15.3. The van der Waals surface area contributed by atoms with Gasteiger partial charge in [0.05, 0.1) is 5.41 Å². The molecule has 0 saturated carbocycles. The Hall–Kier alpha value is -4.53. The van der Waals surface area contributed by atoms with Crippen LogP contribution in [0.5, 0.6) is 23.0 Å². The number of carbonyl (C=O) groups excluding carboxylic acids is 4. The van der Waals surface area contributed by atoms with Crippen molar-refractivity contribution in [1.82, 2.24) is 0 Å². The van der Waals surface area contributed by atoms with Crippen LogP contribution in [-0.2, 0) is 19.2 Å². The highest BCUT2D eigenvalue weighted by Gasteiger charge is 2.26. The molecule has 9 heteroatoms. The standard InChI is InChI=1S/C29H29FO8/c1-15(2)25(31)35-22-12-18(10-11-21(22)38-28(34)29(7,8)9)19-13-23(36-26(32)16(3)4)24(14-20(19)30)37-27(33)17(5)6/h10-14H,1,3,5H2,2,4,6-9H3. The average Bonchev–Trinajstić information content (AvgIpc) is 2.80. The molecule has 2 aromatic carbocycles. The zero-order valence-electron chi connectivity index (χ0n) is 22.2. The van der Waals surface area contributed by atoms with Gasteiger partial charge in [-0.1, -0.05) is 25.8 Å². The van der Waals surface area contributed by atoms with Crippen molar-refractivity contribution < 1.29 is 42.5 Å². The topological polar surface area (TPSA) is 105 Å². The summed E-state index contributed by atoms with van der Waals surface area (Å²) in [5, 5.41) is 0. The number of ether oxygens (including phenoxy) is 4.